The van der Waals surface area contributed by atoms with E-state index in [0.29, 0.717) is 4.99 Å². The molecular formula is C15H19NS. The lowest BCUT2D eigenvalue weighted by Gasteiger charge is -2.09. The van der Waals surface area contributed by atoms with E-state index in [1.165, 1.54) is 0 Å². The molecule has 0 heterocycles. The van der Waals surface area contributed by atoms with E-state index < -0.39 is 0 Å². The normalized spacial score (nSPS) is 13.1. The fourth-order valence-electron chi connectivity index (χ4n) is 1.12. The monoisotopic (exact) mass is 245 g/mol. The third-order valence-electron chi connectivity index (χ3n) is 1.89. The van der Waals surface area contributed by atoms with Gasteiger partial charge in [0, 0.05) is 11.3 Å². The minimum absolute atomic E-state index is 0.678. The lowest BCUT2D eigenvalue weighted by molar-refractivity contribution is 1.20. The van der Waals surface area contributed by atoms with Gasteiger partial charge in [-0.15, -0.1) is 0 Å². The third kappa shape index (κ3) is 6.48. The molecule has 0 saturated carbocycles. The maximum absolute atomic E-state index is 5.32. The van der Waals surface area contributed by atoms with Crippen molar-refractivity contribution in [3.63, 3.8) is 0 Å². The maximum Gasteiger partial charge on any atom is 0.110 e. The summed E-state index contributed by atoms with van der Waals surface area (Å²) in [5.74, 6) is 0. The summed E-state index contributed by atoms with van der Waals surface area (Å²) in [6, 6.07) is 0. The van der Waals surface area contributed by atoms with Crippen molar-refractivity contribution in [2.24, 2.45) is 0 Å². The van der Waals surface area contributed by atoms with E-state index >= 15 is 0 Å². The zero-order chi connectivity index (χ0) is 13.1. The number of allylic oxidation sites excluding steroid dienone is 7. The highest BCUT2D eigenvalue weighted by Gasteiger charge is 2.00. The Labute approximate surface area is 110 Å². The Bertz CT molecular complexity index is 395. The number of hydrogen-bond donors (Lipinski definition) is 1. The molecule has 17 heavy (non-hydrogen) atoms. The zero-order valence-electron chi connectivity index (χ0n) is 10.4. The summed E-state index contributed by atoms with van der Waals surface area (Å²) in [5.41, 5.74) is 1.87. The number of rotatable bonds is 6. The van der Waals surface area contributed by atoms with E-state index in [2.05, 4.69) is 18.5 Å². The van der Waals surface area contributed by atoms with Crippen LogP contribution in [-0.2, 0) is 0 Å². The Kier molecular flexibility index (Phi) is 8.61. The molecular weight excluding hydrogens is 226 g/mol. The molecule has 0 aromatic heterocycles. The van der Waals surface area contributed by atoms with Crippen LogP contribution in [0.4, 0.5) is 0 Å². The second-order valence-corrected chi connectivity index (χ2v) is 3.56. The molecule has 0 radical (unpaired) electrons. The van der Waals surface area contributed by atoms with Gasteiger partial charge in [-0.2, -0.15) is 0 Å². The first-order chi connectivity index (χ1) is 8.19. The highest BCUT2D eigenvalue weighted by atomic mass is 32.1. The van der Waals surface area contributed by atoms with Crippen LogP contribution in [0.5, 0.6) is 0 Å². The summed E-state index contributed by atoms with van der Waals surface area (Å²) >= 11 is 5.32. The van der Waals surface area contributed by atoms with Gasteiger partial charge in [0.15, 0.2) is 0 Å². The largest absolute Gasteiger partial charge is 0.346 e. The van der Waals surface area contributed by atoms with Gasteiger partial charge in [0.25, 0.3) is 0 Å². The van der Waals surface area contributed by atoms with Gasteiger partial charge in [-0.25, -0.2) is 0 Å². The van der Waals surface area contributed by atoms with E-state index in [1.54, 1.807) is 12.2 Å². The molecule has 0 unspecified atom stereocenters. The molecule has 0 aromatic rings. The molecule has 90 valence electrons. The van der Waals surface area contributed by atoms with E-state index in [9.17, 15) is 0 Å². The summed E-state index contributed by atoms with van der Waals surface area (Å²) in [6.07, 6.45) is 14.9. The molecule has 2 heteroatoms. The van der Waals surface area contributed by atoms with Gasteiger partial charge in [-0.05, 0) is 26.0 Å². The molecule has 0 bridgehead atoms. The highest BCUT2D eigenvalue weighted by Crippen LogP contribution is 2.03. The average molecular weight is 245 g/mol. The van der Waals surface area contributed by atoms with Crippen LogP contribution >= 0.6 is 12.2 Å². The van der Waals surface area contributed by atoms with Crippen LogP contribution in [0, 0.1) is 0 Å². The topological polar surface area (TPSA) is 12.0 Å². The summed E-state index contributed by atoms with van der Waals surface area (Å²) in [4.78, 5) is 0.678. The SMILES string of the molecule is C=C/C=C\C(=C/C)C(=S)NC(/C=C\C)=C/C=C. The molecule has 0 aliphatic rings. The van der Waals surface area contributed by atoms with Crippen LogP contribution in [0.3, 0.4) is 0 Å². The molecule has 0 saturated heterocycles. The molecule has 0 aliphatic heterocycles. The van der Waals surface area contributed by atoms with Gasteiger partial charge < -0.3 is 5.32 Å². The van der Waals surface area contributed by atoms with E-state index in [1.807, 2.05) is 50.3 Å². The molecule has 1 nitrogen and oxygen atoms in total. The molecule has 0 aliphatic carbocycles. The van der Waals surface area contributed by atoms with E-state index in [-0.39, 0.29) is 0 Å². The Balaban J connectivity index is 4.81. The summed E-state index contributed by atoms with van der Waals surface area (Å²) in [5, 5.41) is 3.16. The number of hydrogen-bond acceptors (Lipinski definition) is 1. The first-order valence-electron chi connectivity index (χ1n) is 5.41. The third-order valence-corrected chi connectivity index (χ3v) is 2.22. The van der Waals surface area contributed by atoms with Gasteiger partial charge >= 0.3 is 0 Å². The second-order valence-electron chi connectivity index (χ2n) is 3.15. The van der Waals surface area contributed by atoms with Crippen molar-refractivity contribution in [3.05, 3.63) is 73.0 Å². The molecule has 0 atom stereocenters. The number of thiocarbonyl (C=S) groups is 1. The van der Waals surface area contributed by atoms with Gasteiger partial charge in [0.2, 0.25) is 0 Å². The predicted octanol–water partition coefficient (Wildman–Crippen LogP) is 4.24. The highest BCUT2D eigenvalue weighted by molar-refractivity contribution is 7.80. The van der Waals surface area contributed by atoms with Crippen LogP contribution < -0.4 is 5.32 Å². The van der Waals surface area contributed by atoms with Gasteiger partial charge in [-0.3, -0.25) is 0 Å². The molecule has 0 amide bonds. The Morgan fingerprint density at radius 3 is 2.29 bits per heavy atom. The molecule has 0 aromatic carbocycles. The quantitative estimate of drug-likeness (QED) is 0.427. The Morgan fingerprint density at radius 2 is 1.82 bits per heavy atom. The van der Waals surface area contributed by atoms with E-state index in [0.717, 1.165) is 11.3 Å². The van der Waals surface area contributed by atoms with Crippen LogP contribution in [0.2, 0.25) is 0 Å². The fraction of sp³-hybridized carbons (Fsp3) is 0.133. The molecule has 1 N–H and O–H groups in total. The average Bonchev–Trinajstić information content (AvgIpc) is 2.30. The first kappa shape index (κ1) is 15.3. The minimum Gasteiger partial charge on any atom is -0.346 e. The van der Waals surface area contributed by atoms with Crippen molar-refractivity contribution in [3.8, 4) is 0 Å². The summed E-state index contributed by atoms with van der Waals surface area (Å²) < 4.78 is 0. The molecule has 0 spiro atoms. The fourth-order valence-corrected chi connectivity index (χ4v) is 1.43. The molecule has 0 rings (SSSR count). The predicted molar refractivity (Wildman–Crippen MR) is 81.9 cm³/mol. The van der Waals surface area contributed by atoms with Crippen molar-refractivity contribution in [2.75, 3.05) is 0 Å². The van der Waals surface area contributed by atoms with Crippen LogP contribution in [0.1, 0.15) is 13.8 Å². The van der Waals surface area contributed by atoms with E-state index in [4.69, 9.17) is 12.2 Å². The Hall–Kier alpha value is -1.67. The van der Waals surface area contributed by atoms with Gasteiger partial charge in [0.05, 0.1) is 0 Å². The zero-order valence-corrected chi connectivity index (χ0v) is 11.3. The first-order valence-corrected chi connectivity index (χ1v) is 5.82. The van der Waals surface area contributed by atoms with Gasteiger partial charge in [0.1, 0.15) is 4.99 Å². The lowest BCUT2D eigenvalue weighted by atomic mass is 10.2. The minimum atomic E-state index is 0.678. The van der Waals surface area contributed by atoms with Crippen molar-refractivity contribution in [1.82, 2.24) is 5.32 Å². The lowest BCUT2D eigenvalue weighted by Crippen LogP contribution is -2.20. The van der Waals surface area contributed by atoms with Crippen molar-refractivity contribution in [1.29, 1.82) is 0 Å². The summed E-state index contributed by atoms with van der Waals surface area (Å²) in [7, 11) is 0. The second kappa shape index (κ2) is 9.55. The standard InChI is InChI=1S/C15H19NS/c1-5-9-12-13(8-4)15(17)16-14(10-6-2)11-7-3/h5-12H,1-2H2,3-4H3,(H,16,17)/b11-7-,12-9-,13-8+,14-10+. The maximum atomic E-state index is 5.32. The van der Waals surface area contributed by atoms with Crippen molar-refractivity contribution in [2.45, 2.75) is 13.8 Å². The molecule has 0 fully saturated rings. The number of nitrogens with one attached hydrogen (secondary N) is 1. The van der Waals surface area contributed by atoms with Crippen molar-refractivity contribution < 1.29 is 0 Å². The summed E-state index contributed by atoms with van der Waals surface area (Å²) in [6.45, 7) is 11.2. The van der Waals surface area contributed by atoms with Crippen LogP contribution in [-0.4, -0.2) is 4.99 Å². The van der Waals surface area contributed by atoms with Crippen LogP contribution in [0.15, 0.2) is 73.0 Å². The van der Waals surface area contributed by atoms with Crippen molar-refractivity contribution >= 4 is 17.2 Å². The smallest absolute Gasteiger partial charge is 0.110 e. The Morgan fingerprint density at radius 1 is 1.12 bits per heavy atom. The van der Waals surface area contributed by atoms with Gasteiger partial charge in [-0.1, -0.05) is 61.8 Å². The van der Waals surface area contributed by atoms with Crippen LogP contribution in [0.25, 0.3) is 0 Å².